The molecule has 0 atom stereocenters. The molecule has 21 heavy (non-hydrogen) atoms. The summed E-state index contributed by atoms with van der Waals surface area (Å²) in [6.07, 6.45) is 0. The third-order valence-electron chi connectivity index (χ3n) is 2.67. The number of thiocarbonyl (C=S) groups is 1. The van der Waals surface area contributed by atoms with Gasteiger partial charge in [-0.3, -0.25) is 4.79 Å². The molecule has 2 aromatic rings. The molecule has 2 aromatic carbocycles. The van der Waals surface area contributed by atoms with Gasteiger partial charge in [0.15, 0.2) is 0 Å². The molecule has 0 bridgehead atoms. The Bertz CT molecular complexity index is 737. The molecule has 0 heterocycles. The molecule has 0 spiro atoms. The first kappa shape index (κ1) is 15.7. The predicted octanol–water partition coefficient (Wildman–Crippen LogP) is 4.02. The van der Waals surface area contributed by atoms with Crippen LogP contribution in [0.4, 0.5) is 10.1 Å². The average Bonchev–Trinajstić information content (AvgIpc) is 2.43. The van der Waals surface area contributed by atoms with E-state index < -0.39 is 11.7 Å². The van der Waals surface area contributed by atoms with Gasteiger partial charge < -0.3 is 11.1 Å². The van der Waals surface area contributed by atoms with Crippen LogP contribution in [0.25, 0.3) is 0 Å². The van der Waals surface area contributed by atoms with Crippen LogP contribution in [0.2, 0.25) is 10.0 Å². The van der Waals surface area contributed by atoms with Crippen molar-refractivity contribution in [1.29, 1.82) is 0 Å². The maximum absolute atomic E-state index is 13.5. The zero-order valence-corrected chi connectivity index (χ0v) is 12.8. The number of benzene rings is 2. The lowest BCUT2D eigenvalue weighted by Crippen LogP contribution is -2.15. The Hall–Kier alpha value is -1.69. The Morgan fingerprint density at radius 1 is 1.14 bits per heavy atom. The molecule has 1 amide bonds. The number of anilines is 1. The van der Waals surface area contributed by atoms with Crippen LogP contribution >= 0.6 is 35.4 Å². The van der Waals surface area contributed by atoms with Crippen molar-refractivity contribution < 1.29 is 9.18 Å². The van der Waals surface area contributed by atoms with Crippen molar-refractivity contribution in [2.75, 3.05) is 5.32 Å². The van der Waals surface area contributed by atoms with Crippen molar-refractivity contribution in [2.24, 2.45) is 5.73 Å². The largest absolute Gasteiger partial charge is 0.389 e. The van der Waals surface area contributed by atoms with Gasteiger partial charge in [-0.05, 0) is 36.4 Å². The van der Waals surface area contributed by atoms with Gasteiger partial charge in [0.2, 0.25) is 0 Å². The number of halogens is 3. The fourth-order valence-electron chi connectivity index (χ4n) is 1.63. The maximum atomic E-state index is 13.5. The van der Waals surface area contributed by atoms with E-state index in [0.717, 1.165) is 0 Å². The lowest BCUT2D eigenvalue weighted by atomic mass is 10.1. The monoisotopic (exact) mass is 342 g/mol. The van der Waals surface area contributed by atoms with E-state index in [1.165, 1.54) is 36.4 Å². The molecule has 0 aliphatic heterocycles. The number of hydrogen-bond acceptors (Lipinski definition) is 2. The Kier molecular flexibility index (Phi) is 4.77. The van der Waals surface area contributed by atoms with E-state index in [9.17, 15) is 9.18 Å². The maximum Gasteiger partial charge on any atom is 0.255 e. The Balaban J connectivity index is 2.25. The Labute approximate surface area is 135 Å². The molecule has 3 N–H and O–H groups in total. The van der Waals surface area contributed by atoms with E-state index in [0.29, 0.717) is 16.3 Å². The second-order valence-corrected chi connectivity index (χ2v) is 5.40. The van der Waals surface area contributed by atoms with E-state index in [4.69, 9.17) is 41.2 Å². The summed E-state index contributed by atoms with van der Waals surface area (Å²) in [6, 6.07) is 8.45. The van der Waals surface area contributed by atoms with Gasteiger partial charge in [0.25, 0.3) is 5.91 Å². The molecule has 0 unspecified atom stereocenters. The zero-order chi connectivity index (χ0) is 15.6. The topological polar surface area (TPSA) is 55.1 Å². The summed E-state index contributed by atoms with van der Waals surface area (Å²) in [5, 5.41) is 3.23. The third kappa shape index (κ3) is 3.69. The number of hydrogen-bond donors (Lipinski definition) is 2. The highest BCUT2D eigenvalue weighted by Gasteiger charge is 2.11. The summed E-state index contributed by atoms with van der Waals surface area (Å²) in [7, 11) is 0. The fraction of sp³-hybridized carbons (Fsp3) is 0. The summed E-state index contributed by atoms with van der Waals surface area (Å²) in [5.41, 5.74) is 6.17. The first-order valence-corrected chi connectivity index (χ1v) is 6.90. The molecule has 0 aromatic heterocycles. The average molecular weight is 343 g/mol. The van der Waals surface area contributed by atoms with E-state index in [-0.39, 0.29) is 15.6 Å². The van der Waals surface area contributed by atoms with Crippen molar-refractivity contribution in [1.82, 2.24) is 0 Å². The van der Waals surface area contributed by atoms with E-state index >= 15 is 0 Å². The second-order valence-electron chi connectivity index (χ2n) is 4.14. The molecule has 108 valence electrons. The van der Waals surface area contributed by atoms with Crippen LogP contribution < -0.4 is 11.1 Å². The van der Waals surface area contributed by atoms with Gasteiger partial charge in [0.1, 0.15) is 10.8 Å². The number of rotatable bonds is 3. The highest BCUT2D eigenvalue weighted by Crippen LogP contribution is 2.23. The molecule has 0 saturated carbocycles. The van der Waals surface area contributed by atoms with Crippen LogP contribution in [0.3, 0.4) is 0 Å². The van der Waals surface area contributed by atoms with Crippen molar-refractivity contribution in [3.63, 3.8) is 0 Å². The normalized spacial score (nSPS) is 10.2. The van der Waals surface area contributed by atoms with Crippen molar-refractivity contribution in [3.8, 4) is 0 Å². The Morgan fingerprint density at radius 2 is 1.86 bits per heavy atom. The summed E-state index contributed by atoms with van der Waals surface area (Å²) < 4.78 is 13.5. The van der Waals surface area contributed by atoms with Gasteiger partial charge in [-0.1, -0.05) is 35.4 Å². The molecular formula is C14H9Cl2FN2OS. The summed E-state index contributed by atoms with van der Waals surface area (Å²) in [6.45, 7) is 0. The van der Waals surface area contributed by atoms with Gasteiger partial charge in [-0.25, -0.2) is 4.39 Å². The first-order chi connectivity index (χ1) is 9.88. The fourth-order valence-corrected chi connectivity index (χ4v) is 2.09. The molecule has 0 aliphatic carbocycles. The SMILES string of the molecule is NC(=S)c1cc(NC(=O)c2ccc(Cl)c(Cl)c2)ccc1F. The van der Waals surface area contributed by atoms with Crippen LogP contribution in [-0.2, 0) is 0 Å². The highest BCUT2D eigenvalue weighted by molar-refractivity contribution is 7.80. The van der Waals surface area contributed by atoms with E-state index in [1.807, 2.05) is 0 Å². The minimum Gasteiger partial charge on any atom is -0.389 e. The van der Waals surface area contributed by atoms with Crippen molar-refractivity contribution >= 4 is 52.0 Å². The number of nitrogens with one attached hydrogen (secondary N) is 1. The Morgan fingerprint density at radius 3 is 2.48 bits per heavy atom. The summed E-state index contributed by atoms with van der Waals surface area (Å²) >= 11 is 16.4. The molecule has 0 radical (unpaired) electrons. The van der Waals surface area contributed by atoms with E-state index in [1.54, 1.807) is 0 Å². The number of carbonyl (C=O) groups excluding carboxylic acids is 1. The number of carbonyl (C=O) groups is 1. The highest BCUT2D eigenvalue weighted by atomic mass is 35.5. The smallest absolute Gasteiger partial charge is 0.255 e. The molecule has 0 fully saturated rings. The molecule has 2 rings (SSSR count). The van der Waals surface area contributed by atoms with E-state index in [2.05, 4.69) is 5.32 Å². The molecule has 0 saturated heterocycles. The molecular weight excluding hydrogens is 334 g/mol. The van der Waals surface area contributed by atoms with Crippen molar-refractivity contribution in [2.45, 2.75) is 0 Å². The van der Waals surface area contributed by atoms with Crippen LogP contribution in [0.1, 0.15) is 15.9 Å². The summed E-state index contributed by atoms with van der Waals surface area (Å²) in [5.74, 6) is -0.955. The zero-order valence-electron chi connectivity index (χ0n) is 10.5. The standard InChI is InChI=1S/C14H9Cl2FN2OS/c15-10-3-1-7(5-11(10)16)14(20)19-8-2-4-12(17)9(6-8)13(18)21/h1-6H,(H2,18,21)(H,19,20). The van der Waals surface area contributed by atoms with Gasteiger partial charge in [0.05, 0.1) is 10.0 Å². The third-order valence-corrected chi connectivity index (χ3v) is 3.63. The first-order valence-electron chi connectivity index (χ1n) is 5.74. The molecule has 0 aliphatic rings. The second kappa shape index (κ2) is 6.39. The van der Waals surface area contributed by atoms with Crippen LogP contribution in [0, 0.1) is 5.82 Å². The number of nitrogens with two attached hydrogens (primary N) is 1. The van der Waals surface area contributed by atoms with Gasteiger partial charge >= 0.3 is 0 Å². The molecule has 3 nitrogen and oxygen atoms in total. The minimum atomic E-state index is -0.546. The quantitative estimate of drug-likeness (QED) is 0.828. The minimum absolute atomic E-state index is 0.0666. The van der Waals surface area contributed by atoms with Crippen LogP contribution in [0.5, 0.6) is 0 Å². The van der Waals surface area contributed by atoms with Crippen LogP contribution in [0.15, 0.2) is 36.4 Å². The lowest BCUT2D eigenvalue weighted by Gasteiger charge is -2.08. The van der Waals surface area contributed by atoms with Crippen LogP contribution in [-0.4, -0.2) is 10.9 Å². The summed E-state index contributed by atoms with van der Waals surface area (Å²) in [4.78, 5) is 12.0. The van der Waals surface area contributed by atoms with Gasteiger partial charge in [0, 0.05) is 16.8 Å². The van der Waals surface area contributed by atoms with Crippen molar-refractivity contribution in [3.05, 3.63) is 63.4 Å². The lowest BCUT2D eigenvalue weighted by molar-refractivity contribution is 0.102. The molecule has 7 heteroatoms. The number of amides is 1. The predicted molar refractivity (Wildman–Crippen MR) is 86.7 cm³/mol. The van der Waals surface area contributed by atoms with Gasteiger partial charge in [-0.2, -0.15) is 0 Å². The van der Waals surface area contributed by atoms with Gasteiger partial charge in [-0.15, -0.1) is 0 Å².